The minimum atomic E-state index is -4.79. The molecule has 2 aromatic carbocycles. The molecule has 0 radical (unpaired) electrons. The Hall–Kier alpha value is -1.98. The highest BCUT2D eigenvalue weighted by molar-refractivity contribution is 6.30. The van der Waals surface area contributed by atoms with Gasteiger partial charge in [0.05, 0.1) is 6.54 Å². The van der Waals surface area contributed by atoms with Crippen molar-refractivity contribution in [2.75, 3.05) is 18.0 Å². The molecule has 0 saturated heterocycles. The lowest BCUT2D eigenvalue weighted by Gasteiger charge is -2.43. The summed E-state index contributed by atoms with van der Waals surface area (Å²) in [5.74, 6) is 0. The van der Waals surface area contributed by atoms with Gasteiger partial charge in [-0.25, -0.2) is 0 Å². The lowest BCUT2D eigenvalue weighted by atomic mass is 9.73. The second kappa shape index (κ2) is 7.93. The Bertz CT molecular complexity index is 967. The van der Waals surface area contributed by atoms with Crippen molar-refractivity contribution in [1.29, 1.82) is 0 Å². The molecule has 1 atom stereocenters. The molecule has 0 spiro atoms. The van der Waals surface area contributed by atoms with Gasteiger partial charge >= 0.3 is 6.18 Å². The van der Waals surface area contributed by atoms with Crippen LogP contribution in [0.5, 0.6) is 0 Å². The number of β-amino-alcohol motifs (C(OH)–C–C–N with tert-alkyl or cyclic N) is 1. The van der Waals surface area contributed by atoms with Gasteiger partial charge < -0.3 is 10.0 Å². The molecule has 1 aliphatic rings. The maximum absolute atomic E-state index is 14.2. The van der Waals surface area contributed by atoms with Crippen molar-refractivity contribution >= 4 is 23.4 Å². The van der Waals surface area contributed by atoms with Crippen LogP contribution in [0.4, 0.5) is 18.9 Å². The van der Waals surface area contributed by atoms with Gasteiger partial charge in [0.25, 0.3) is 0 Å². The number of nitrogens with zero attached hydrogens (tertiary/aromatic N) is 1. The van der Waals surface area contributed by atoms with Crippen LogP contribution >= 0.6 is 11.6 Å². The fourth-order valence-electron chi connectivity index (χ4n) is 4.45. The molecule has 0 aliphatic carbocycles. The molecule has 0 amide bonds. The zero-order valence-corrected chi connectivity index (χ0v) is 18.4. The molecular formula is C24H27ClF3NO. The summed E-state index contributed by atoms with van der Waals surface area (Å²) in [6.45, 7) is 6.97. The third-order valence-electron chi connectivity index (χ3n) is 5.76. The molecule has 2 aromatic rings. The van der Waals surface area contributed by atoms with Gasteiger partial charge in [-0.1, -0.05) is 61.4 Å². The third-order valence-corrected chi connectivity index (χ3v) is 6.00. The molecular weight excluding hydrogens is 411 g/mol. The molecule has 6 heteroatoms. The van der Waals surface area contributed by atoms with Crippen molar-refractivity contribution < 1.29 is 18.3 Å². The van der Waals surface area contributed by atoms with Crippen LogP contribution in [0.25, 0.3) is 6.08 Å². The summed E-state index contributed by atoms with van der Waals surface area (Å²) in [5.41, 5.74) is 0.209. The van der Waals surface area contributed by atoms with Gasteiger partial charge in [0.15, 0.2) is 5.60 Å². The van der Waals surface area contributed by atoms with E-state index in [2.05, 4.69) is 0 Å². The quantitative estimate of drug-likeness (QED) is 0.574. The van der Waals surface area contributed by atoms with Gasteiger partial charge in [0.1, 0.15) is 0 Å². The average Bonchev–Trinajstić information content (AvgIpc) is 2.62. The van der Waals surface area contributed by atoms with E-state index in [1.165, 1.54) is 0 Å². The number of hydrogen-bond donors (Lipinski definition) is 1. The van der Waals surface area contributed by atoms with Crippen molar-refractivity contribution in [3.05, 3.63) is 69.8 Å². The first-order chi connectivity index (χ1) is 13.8. The number of alkyl halides is 3. The standard InChI is InChI=1S/C24H27ClF3NO/c1-16-11-18-7-5-6-8-21(18)29(13-16)15-23(30,24(26,27)28)14-22(3,4)20-12-19(25)10-9-17(20)2/h5-12,30H,13-15H2,1-4H3. The molecule has 0 fully saturated rings. The highest BCUT2D eigenvalue weighted by Crippen LogP contribution is 2.44. The van der Waals surface area contributed by atoms with Gasteiger partial charge in [-0.05, 0) is 60.6 Å². The summed E-state index contributed by atoms with van der Waals surface area (Å²) in [6, 6.07) is 12.5. The monoisotopic (exact) mass is 437 g/mol. The zero-order valence-electron chi connectivity index (χ0n) is 17.6. The Morgan fingerprint density at radius 3 is 2.40 bits per heavy atom. The molecule has 1 unspecified atom stereocenters. The van der Waals surface area contributed by atoms with Gasteiger partial charge in [-0.3, -0.25) is 0 Å². The normalized spacial score (nSPS) is 16.7. The Balaban J connectivity index is 1.98. The van der Waals surface area contributed by atoms with Crippen LogP contribution in [0.1, 0.15) is 43.9 Å². The van der Waals surface area contributed by atoms with Gasteiger partial charge in [0.2, 0.25) is 0 Å². The lowest BCUT2D eigenvalue weighted by molar-refractivity contribution is -0.262. The zero-order chi connectivity index (χ0) is 22.3. The fourth-order valence-corrected chi connectivity index (χ4v) is 4.62. The smallest absolute Gasteiger partial charge is 0.379 e. The predicted molar refractivity (Wildman–Crippen MR) is 117 cm³/mol. The minimum Gasteiger partial charge on any atom is -0.379 e. The molecule has 30 heavy (non-hydrogen) atoms. The van der Waals surface area contributed by atoms with Gasteiger partial charge in [-0.15, -0.1) is 0 Å². The van der Waals surface area contributed by atoms with Crippen molar-refractivity contribution in [2.24, 2.45) is 0 Å². The van der Waals surface area contributed by atoms with E-state index in [-0.39, 0.29) is 0 Å². The number of hydrogen-bond acceptors (Lipinski definition) is 2. The molecule has 1 N–H and O–H groups in total. The molecule has 1 aliphatic heterocycles. The first-order valence-electron chi connectivity index (χ1n) is 9.89. The maximum atomic E-state index is 14.2. The molecule has 0 bridgehead atoms. The number of anilines is 1. The van der Waals surface area contributed by atoms with E-state index in [0.29, 0.717) is 22.8 Å². The van der Waals surface area contributed by atoms with E-state index in [1.54, 1.807) is 49.1 Å². The van der Waals surface area contributed by atoms with E-state index < -0.39 is 30.2 Å². The van der Waals surface area contributed by atoms with Crippen LogP contribution in [-0.4, -0.2) is 30.0 Å². The number of rotatable bonds is 5. The van der Waals surface area contributed by atoms with E-state index in [0.717, 1.165) is 16.7 Å². The van der Waals surface area contributed by atoms with Crippen LogP contribution in [0.3, 0.4) is 0 Å². The number of halogens is 4. The third kappa shape index (κ3) is 4.52. The Morgan fingerprint density at radius 1 is 1.07 bits per heavy atom. The minimum absolute atomic E-state index is 0.339. The van der Waals surface area contributed by atoms with E-state index in [4.69, 9.17) is 11.6 Å². The number of fused-ring (bicyclic) bond motifs is 1. The Morgan fingerprint density at radius 2 is 1.73 bits per heavy atom. The number of aryl methyl sites for hydroxylation is 1. The second-order valence-electron chi connectivity index (χ2n) is 8.95. The average molecular weight is 438 g/mol. The van der Waals surface area contributed by atoms with E-state index >= 15 is 0 Å². The highest BCUT2D eigenvalue weighted by atomic mass is 35.5. The van der Waals surface area contributed by atoms with Crippen molar-refractivity contribution in [1.82, 2.24) is 0 Å². The highest BCUT2D eigenvalue weighted by Gasteiger charge is 2.57. The van der Waals surface area contributed by atoms with Crippen molar-refractivity contribution in [2.45, 2.75) is 51.3 Å². The molecule has 162 valence electrons. The first-order valence-corrected chi connectivity index (χ1v) is 10.3. The number of aliphatic hydroxyl groups is 1. The van der Waals surface area contributed by atoms with E-state index in [9.17, 15) is 18.3 Å². The predicted octanol–water partition coefficient (Wildman–Crippen LogP) is 6.53. The molecule has 0 saturated carbocycles. The summed E-state index contributed by atoms with van der Waals surface area (Å²) >= 11 is 6.11. The molecule has 2 nitrogen and oxygen atoms in total. The summed E-state index contributed by atoms with van der Waals surface area (Å²) < 4.78 is 42.7. The molecule has 3 rings (SSSR count). The summed E-state index contributed by atoms with van der Waals surface area (Å²) in [4.78, 5) is 1.62. The molecule has 1 heterocycles. The van der Waals surface area contributed by atoms with Crippen LogP contribution in [0.2, 0.25) is 5.02 Å². The SMILES string of the molecule is CC1=Cc2ccccc2N(CC(O)(CC(C)(C)c2cc(Cl)ccc2C)C(F)(F)F)C1. The summed E-state index contributed by atoms with van der Waals surface area (Å²) in [6.07, 6.45) is -3.30. The lowest BCUT2D eigenvalue weighted by Crippen LogP contribution is -2.57. The maximum Gasteiger partial charge on any atom is 0.418 e. The number of benzene rings is 2. The van der Waals surface area contributed by atoms with Crippen LogP contribution in [-0.2, 0) is 5.41 Å². The topological polar surface area (TPSA) is 23.5 Å². The van der Waals surface area contributed by atoms with Crippen LogP contribution < -0.4 is 4.90 Å². The largest absolute Gasteiger partial charge is 0.418 e. The van der Waals surface area contributed by atoms with Crippen molar-refractivity contribution in [3.8, 4) is 0 Å². The Kier molecular flexibility index (Phi) is 6.00. The van der Waals surface area contributed by atoms with Gasteiger partial charge in [0, 0.05) is 17.3 Å². The fraction of sp³-hybridized carbons (Fsp3) is 0.417. The second-order valence-corrected chi connectivity index (χ2v) is 9.39. The summed E-state index contributed by atoms with van der Waals surface area (Å²) in [7, 11) is 0. The van der Waals surface area contributed by atoms with E-state index in [1.807, 2.05) is 32.1 Å². The van der Waals surface area contributed by atoms with Gasteiger partial charge in [-0.2, -0.15) is 13.2 Å². The van der Waals surface area contributed by atoms with Crippen LogP contribution in [0, 0.1) is 6.92 Å². The Labute approximate surface area is 181 Å². The summed E-state index contributed by atoms with van der Waals surface area (Å²) in [5, 5.41) is 11.5. The van der Waals surface area contributed by atoms with Crippen LogP contribution in [0.15, 0.2) is 48.0 Å². The molecule has 0 aromatic heterocycles. The van der Waals surface area contributed by atoms with Crippen molar-refractivity contribution in [3.63, 3.8) is 0 Å². The first kappa shape index (κ1) is 22.7. The number of para-hydroxylation sites is 1.